The van der Waals surface area contributed by atoms with Crippen molar-refractivity contribution in [1.29, 1.82) is 0 Å². The summed E-state index contributed by atoms with van der Waals surface area (Å²) in [5.41, 5.74) is 0.378. The molecule has 4 nitrogen and oxygen atoms in total. The molecule has 0 bridgehead atoms. The van der Waals surface area contributed by atoms with Gasteiger partial charge in [0.25, 0.3) is 0 Å². The van der Waals surface area contributed by atoms with Crippen LogP contribution in [0.15, 0.2) is 17.4 Å². The summed E-state index contributed by atoms with van der Waals surface area (Å²) in [7, 11) is 0. The van der Waals surface area contributed by atoms with Crippen LogP contribution >= 0.6 is 11.8 Å². The number of anilines is 1. The summed E-state index contributed by atoms with van der Waals surface area (Å²) in [6.07, 6.45) is 7.61. The van der Waals surface area contributed by atoms with Crippen molar-refractivity contribution >= 4 is 17.6 Å². The van der Waals surface area contributed by atoms with Gasteiger partial charge in [0.2, 0.25) is 0 Å². The Kier molecular flexibility index (Phi) is 3.43. The van der Waals surface area contributed by atoms with Crippen LogP contribution in [0.5, 0.6) is 0 Å². The van der Waals surface area contributed by atoms with Gasteiger partial charge in [-0.2, -0.15) is 0 Å². The van der Waals surface area contributed by atoms with Gasteiger partial charge in [-0.3, -0.25) is 0 Å². The first-order valence-electron chi connectivity index (χ1n) is 6.51. The molecule has 0 aromatic carbocycles. The summed E-state index contributed by atoms with van der Waals surface area (Å²) < 4.78 is 5.60. The van der Waals surface area contributed by atoms with Gasteiger partial charge in [-0.25, -0.2) is 9.97 Å². The normalized spacial score (nSPS) is 27.9. The predicted octanol–water partition coefficient (Wildman–Crippen LogP) is 2.21. The maximum Gasteiger partial charge on any atom is 0.189 e. The molecule has 98 valence electrons. The molecule has 2 aliphatic heterocycles. The van der Waals surface area contributed by atoms with Crippen LogP contribution in [0, 0.1) is 5.41 Å². The highest BCUT2D eigenvalue weighted by Crippen LogP contribution is 2.38. The molecule has 0 unspecified atom stereocenters. The van der Waals surface area contributed by atoms with Crippen LogP contribution in [0.3, 0.4) is 0 Å². The number of rotatable bonds is 2. The largest absolute Gasteiger partial charge is 0.381 e. The zero-order chi connectivity index (χ0) is 12.4. The molecular formula is C13H19N3OS. The van der Waals surface area contributed by atoms with E-state index in [1.807, 2.05) is 18.5 Å². The third kappa shape index (κ3) is 2.34. The molecule has 1 aromatic heterocycles. The second kappa shape index (κ2) is 5.05. The Balaban J connectivity index is 1.78. The van der Waals surface area contributed by atoms with Gasteiger partial charge in [0.1, 0.15) is 5.82 Å². The first kappa shape index (κ1) is 12.2. The summed E-state index contributed by atoms with van der Waals surface area (Å²) in [6.45, 7) is 4.03. The third-order valence-electron chi connectivity index (χ3n) is 3.97. The molecule has 0 saturated carbocycles. The van der Waals surface area contributed by atoms with Gasteiger partial charge < -0.3 is 9.64 Å². The van der Waals surface area contributed by atoms with Crippen LogP contribution < -0.4 is 4.90 Å². The maximum atomic E-state index is 5.60. The van der Waals surface area contributed by atoms with Gasteiger partial charge in [-0.05, 0) is 31.6 Å². The van der Waals surface area contributed by atoms with Gasteiger partial charge in [0, 0.05) is 31.3 Å². The van der Waals surface area contributed by atoms with Crippen molar-refractivity contribution in [2.45, 2.75) is 24.4 Å². The predicted molar refractivity (Wildman–Crippen MR) is 73.1 cm³/mol. The minimum atomic E-state index is 0.378. The first-order valence-corrected chi connectivity index (χ1v) is 7.74. The van der Waals surface area contributed by atoms with E-state index in [0.29, 0.717) is 5.41 Å². The molecule has 0 amide bonds. The van der Waals surface area contributed by atoms with Crippen LogP contribution in [-0.4, -0.2) is 42.5 Å². The minimum absolute atomic E-state index is 0.378. The highest BCUT2D eigenvalue weighted by Gasteiger charge is 2.39. The van der Waals surface area contributed by atoms with Crippen molar-refractivity contribution in [1.82, 2.24) is 9.97 Å². The molecule has 1 atom stereocenters. The van der Waals surface area contributed by atoms with Gasteiger partial charge in [-0.1, -0.05) is 11.8 Å². The molecule has 18 heavy (non-hydrogen) atoms. The van der Waals surface area contributed by atoms with Crippen molar-refractivity contribution in [3.05, 3.63) is 12.3 Å². The molecule has 2 aliphatic rings. The van der Waals surface area contributed by atoms with E-state index in [-0.39, 0.29) is 0 Å². The third-order valence-corrected chi connectivity index (χ3v) is 4.53. The second-order valence-corrected chi connectivity index (χ2v) is 6.00. The molecule has 2 fully saturated rings. The van der Waals surface area contributed by atoms with E-state index in [1.54, 1.807) is 11.8 Å². The molecular weight excluding hydrogens is 246 g/mol. The minimum Gasteiger partial charge on any atom is -0.381 e. The molecule has 3 heterocycles. The van der Waals surface area contributed by atoms with Gasteiger partial charge >= 0.3 is 0 Å². The molecule has 3 rings (SSSR count). The fraction of sp³-hybridized carbons (Fsp3) is 0.692. The van der Waals surface area contributed by atoms with E-state index in [9.17, 15) is 0 Å². The molecule has 2 saturated heterocycles. The Labute approximate surface area is 112 Å². The highest BCUT2D eigenvalue weighted by atomic mass is 32.2. The summed E-state index contributed by atoms with van der Waals surface area (Å²) in [5, 5.41) is 0.856. The molecule has 1 aromatic rings. The monoisotopic (exact) mass is 265 g/mol. The number of hydrogen-bond acceptors (Lipinski definition) is 5. The first-order chi connectivity index (χ1) is 8.81. The summed E-state index contributed by atoms with van der Waals surface area (Å²) >= 11 is 1.60. The number of aromatic nitrogens is 2. The lowest BCUT2D eigenvalue weighted by Gasteiger charge is -2.40. The number of nitrogens with zero attached hydrogens (tertiary/aromatic N) is 3. The van der Waals surface area contributed by atoms with Crippen molar-refractivity contribution in [3.8, 4) is 0 Å². The van der Waals surface area contributed by atoms with Crippen molar-refractivity contribution in [3.63, 3.8) is 0 Å². The standard InChI is InChI=1S/C13H19N3OS/c1-18-12-14-6-3-11(15-12)16-7-2-4-13(9-16)5-8-17-10-13/h3,6H,2,4-5,7-10H2,1H3/t13-/m0/s1. The SMILES string of the molecule is CSc1nccc(N2CCC[C@]3(CCOC3)C2)n1. The topological polar surface area (TPSA) is 38.2 Å². The van der Waals surface area contributed by atoms with Crippen LogP contribution in [0.2, 0.25) is 0 Å². The average molecular weight is 265 g/mol. The van der Waals surface area contributed by atoms with E-state index >= 15 is 0 Å². The number of hydrogen-bond donors (Lipinski definition) is 0. The van der Waals surface area contributed by atoms with Gasteiger partial charge in [0.15, 0.2) is 5.16 Å². The quantitative estimate of drug-likeness (QED) is 0.605. The summed E-state index contributed by atoms with van der Waals surface area (Å²) in [6, 6.07) is 2.02. The summed E-state index contributed by atoms with van der Waals surface area (Å²) in [5.74, 6) is 1.07. The molecule has 1 spiro atoms. The van der Waals surface area contributed by atoms with Crippen LogP contribution in [0.25, 0.3) is 0 Å². The Hall–Kier alpha value is -0.810. The Bertz CT molecular complexity index is 420. The Morgan fingerprint density at radius 1 is 1.44 bits per heavy atom. The number of ether oxygens (including phenoxy) is 1. The molecule has 0 radical (unpaired) electrons. The zero-order valence-corrected chi connectivity index (χ0v) is 11.6. The molecule has 5 heteroatoms. The lowest BCUT2D eigenvalue weighted by atomic mass is 9.79. The Morgan fingerprint density at radius 3 is 3.17 bits per heavy atom. The molecule has 0 aliphatic carbocycles. The fourth-order valence-electron chi connectivity index (χ4n) is 2.98. The van der Waals surface area contributed by atoms with Crippen LogP contribution in [-0.2, 0) is 4.74 Å². The van der Waals surface area contributed by atoms with E-state index in [2.05, 4.69) is 14.9 Å². The van der Waals surface area contributed by atoms with E-state index < -0.39 is 0 Å². The van der Waals surface area contributed by atoms with Crippen LogP contribution in [0.1, 0.15) is 19.3 Å². The second-order valence-electron chi connectivity index (χ2n) is 5.23. The lowest BCUT2D eigenvalue weighted by Crippen LogP contribution is -2.44. The smallest absolute Gasteiger partial charge is 0.189 e. The average Bonchev–Trinajstić information content (AvgIpc) is 2.87. The fourth-order valence-corrected chi connectivity index (χ4v) is 3.33. The zero-order valence-electron chi connectivity index (χ0n) is 10.8. The van der Waals surface area contributed by atoms with E-state index in [1.165, 1.54) is 19.3 Å². The van der Waals surface area contributed by atoms with Crippen molar-refractivity contribution in [2.24, 2.45) is 5.41 Å². The Morgan fingerprint density at radius 2 is 2.39 bits per heavy atom. The van der Waals surface area contributed by atoms with E-state index in [0.717, 1.165) is 37.3 Å². The summed E-state index contributed by atoms with van der Waals surface area (Å²) in [4.78, 5) is 11.3. The lowest BCUT2D eigenvalue weighted by molar-refractivity contribution is 0.139. The van der Waals surface area contributed by atoms with Crippen molar-refractivity contribution < 1.29 is 4.74 Å². The van der Waals surface area contributed by atoms with E-state index in [4.69, 9.17) is 4.74 Å². The van der Waals surface area contributed by atoms with Crippen molar-refractivity contribution in [2.75, 3.05) is 37.5 Å². The number of thioether (sulfide) groups is 1. The maximum absolute atomic E-state index is 5.60. The highest BCUT2D eigenvalue weighted by molar-refractivity contribution is 7.98. The van der Waals surface area contributed by atoms with Gasteiger partial charge in [-0.15, -0.1) is 0 Å². The molecule has 0 N–H and O–H groups in total. The number of piperidine rings is 1. The van der Waals surface area contributed by atoms with Gasteiger partial charge in [0.05, 0.1) is 6.61 Å². The van der Waals surface area contributed by atoms with Crippen LogP contribution in [0.4, 0.5) is 5.82 Å².